The number of hydrogen-bond donors (Lipinski definition) is 0. The quantitative estimate of drug-likeness (QED) is 0.692. The van der Waals surface area contributed by atoms with Crippen LogP contribution in [0.15, 0.2) is 12.1 Å². The van der Waals surface area contributed by atoms with Gasteiger partial charge in [-0.15, -0.1) is 0 Å². The van der Waals surface area contributed by atoms with Crippen molar-refractivity contribution in [3.8, 4) is 17.2 Å². The summed E-state index contributed by atoms with van der Waals surface area (Å²) in [4.78, 5) is 0. The molecule has 0 saturated heterocycles. The van der Waals surface area contributed by atoms with Crippen molar-refractivity contribution in [2.24, 2.45) is 0 Å². The predicted octanol–water partition coefficient (Wildman–Crippen LogP) is 0.797. The second-order valence-corrected chi connectivity index (χ2v) is 6.50. The lowest BCUT2D eigenvalue weighted by Gasteiger charge is -2.25. The van der Waals surface area contributed by atoms with E-state index in [1.165, 1.54) is 0 Å². The minimum absolute atomic E-state index is 0.514. The lowest BCUT2D eigenvalue weighted by atomic mass is 10.3. The molecule has 0 saturated carbocycles. The average Bonchev–Trinajstić information content (AvgIpc) is 2.48. The van der Waals surface area contributed by atoms with Gasteiger partial charge in [0.2, 0.25) is 5.75 Å². The molecule has 1 rings (SSSR count). The number of ether oxygens (including phenoxy) is 3. The Balaban J connectivity index is 3.44. The van der Waals surface area contributed by atoms with Crippen LogP contribution in [0, 0.1) is 0 Å². The SMILES string of the molecule is COc1cc([Si](OC)(OC)OC)cc(OC)c1OC. The molecule has 1 aromatic carbocycles. The molecule has 0 aromatic heterocycles. The van der Waals surface area contributed by atoms with Gasteiger partial charge in [-0.05, 0) is 12.1 Å². The van der Waals surface area contributed by atoms with E-state index in [2.05, 4.69) is 0 Å². The summed E-state index contributed by atoms with van der Waals surface area (Å²) in [6, 6.07) is 3.54. The van der Waals surface area contributed by atoms with Crippen LogP contribution in [0.4, 0.5) is 0 Å². The van der Waals surface area contributed by atoms with Gasteiger partial charge in [0.1, 0.15) is 0 Å². The Labute approximate surface area is 114 Å². The first kappa shape index (κ1) is 15.8. The first-order chi connectivity index (χ1) is 9.12. The highest BCUT2D eigenvalue weighted by Gasteiger charge is 2.42. The number of methoxy groups -OCH3 is 3. The zero-order chi connectivity index (χ0) is 14.5. The molecule has 0 amide bonds. The van der Waals surface area contributed by atoms with Crippen LogP contribution in [0.1, 0.15) is 0 Å². The summed E-state index contributed by atoms with van der Waals surface area (Å²) in [5, 5.41) is 0.731. The summed E-state index contributed by atoms with van der Waals surface area (Å²) < 4.78 is 32.2. The van der Waals surface area contributed by atoms with Gasteiger partial charge in [0.15, 0.2) is 11.5 Å². The van der Waals surface area contributed by atoms with Gasteiger partial charge in [-0.25, -0.2) is 0 Å². The lowest BCUT2D eigenvalue weighted by molar-refractivity contribution is 0.140. The highest BCUT2D eigenvalue weighted by Crippen LogP contribution is 2.36. The van der Waals surface area contributed by atoms with Crippen molar-refractivity contribution in [3.63, 3.8) is 0 Å². The van der Waals surface area contributed by atoms with Crippen molar-refractivity contribution in [1.82, 2.24) is 0 Å². The number of hydrogen-bond acceptors (Lipinski definition) is 6. The first-order valence-corrected chi connectivity index (χ1v) is 7.30. The third-order valence-electron chi connectivity index (χ3n) is 2.82. The fourth-order valence-corrected chi connectivity index (χ4v) is 3.68. The normalized spacial score (nSPS) is 11.3. The van der Waals surface area contributed by atoms with E-state index in [0.29, 0.717) is 17.2 Å². The van der Waals surface area contributed by atoms with Crippen molar-refractivity contribution in [2.45, 2.75) is 0 Å². The smallest absolute Gasteiger partial charge is 0.493 e. The van der Waals surface area contributed by atoms with Gasteiger partial charge in [-0.1, -0.05) is 0 Å². The van der Waals surface area contributed by atoms with E-state index >= 15 is 0 Å². The third-order valence-corrected chi connectivity index (χ3v) is 5.43. The van der Waals surface area contributed by atoms with Crippen molar-refractivity contribution < 1.29 is 27.5 Å². The Hall–Kier alpha value is -1.28. The predicted molar refractivity (Wildman–Crippen MR) is 72.5 cm³/mol. The largest absolute Gasteiger partial charge is 0.536 e. The van der Waals surface area contributed by atoms with Crippen LogP contribution in [0.25, 0.3) is 0 Å². The van der Waals surface area contributed by atoms with Crippen LogP contribution in [0.3, 0.4) is 0 Å². The molecule has 7 heteroatoms. The van der Waals surface area contributed by atoms with Gasteiger partial charge in [-0.2, -0.15) is 0 Å². The van der Waals surface area contributed by atoms with Gasteiger partial charge in [0.25, 0.3) is 0 Å². The maximum Gasteiger partial charge on any atom is 0.536 e. The van der Waals surface area contributed by atoms with E-state index in [9.17, 15) is 0 Å². The molecule has 0 bridgehead atoms. The fourth-order valence-electron chi connectivity index (χ4n) is 1.86. The van der Waals surface area contributed by atoms with Crippen LogP contribution in [-0.4, -0.2) is 51.5 Å². The second-order valence-electron chi connectivity index (χ2n) is 3.58. The van der Waals surface area contributed by atoms with Crippen molar-refractivity contribution in [1.29, 1.82) is 0 Å². The standard InChI is InChI=1S/C12H20O6Si/c1-13-10-7-9(19(16-4,17-5)18-6)8-11(14-2)12(10)15-3/h7-8H,1-6H3. The Kier molecular flexibility index (Phi) is 5.61. The van der Waals surface area contributed by atoms with Crippen LogP contribution in [0.2, 0.25) is 0 Å². The molecule has 0 heterocycles. The molecular formula is C12H20O6Si. The van der Waals surface area contributed by atoms with Crippen molar-refractivity contribution in [2.75, 3.05) is 42.7 Å². The molecule has 0 spiro atoms. The molecular weight excluding hydrogens is 268 g/mol. The zero-order valence-electron chi connectivity index (χ0n) is 12.1. The minimum atomic E-state index is -2.94. The summed E-state index contributed by atoms with van der Waals surface area (Å²) in [6.45, 7) is 0. The molecule has 0 unspecified atom stereocenters. The van der Waals surface area contributed by atoms with Crippen LogP contribution in [-0.2, 0) is 13.3 Å². The van der Waals surface area contributed by atoms with Crippen LogP contribution >= 0.6 is 0 Å². The Morgan fingerprint density at radius 1 is 0.684 bits per heavy atom. The Bertz CT molecular complexity index is 385. The van der Waals surface area contributed by atoms with Crippen molar-refractivity contribution >= 4 is 14.0 Å². The lowest BCUT2D eigenvalue weighted by Crippen LogP contribution is -2.54. The molecule has 6 nitrogen and oxygen atoms in total. The minimum Gasteiger partial charge on any atom is -0.493 e. The molecule has 1 aromatic rings. The molecule has 19 heavy (non-hydrogen) atoms. The van der Waals surface area contributed by atoms with Gasteiger partial charge >= 0.3 is 8.80 Å². The van der Waals surface area contributed by atoms with Gasteiger partial charge in [0, 0.05) is 26.5 Å². The molecule has 0 N–H and O–H groups in total. The highest BCUT2D eigenvalue weighted by molar-refractivity contribution is 6.75. The van der Waals surface area contributed by atoms with Gasteiger partial charge in [0.05, 0.1) is 21.3 Å². The van der Waals surface area contributed by atoms with Crippen molar-refractivity contribution in [3.05, 3.63) is 12.1 Å². The molecule has 0 aliphatic carbocycles. The summed E-state index contributed by atoms with van der Waals surface area (Å²) in [6.07, 6.45) is 0. The Morgan fingerprint density at radius 3 is 1.37 bits per heavy atom. The maximum atomic E-state index is 5.44. The third kappa shape index (κ3) is 2.84. The molecule has 0 fully saturated rings. The van der Waals surface area contributed by atoms with Gasteiger partial charge < -0.3 is 27.5 Å². The van der Waals surface area contributed by atoms with Gasteiger partial charge in [-0.3, -0.25) is 0 Å². The molecule has 0 atom stereocenters. The maximum absolute atomic E-state index is 5.44. The van der Waals surface area contributed by atoms with E-state index in [1.54, 1.807) is 54.8 Å². The molecule has 0 radical (unpaired) electrons. The summed E-state index contributed by atoms with van der Waals surface area (Å²) in [5.74, 6) is 1.57. The molecule has 0 aliphatic rings. The second kappa shape index (κ2) is 6.76. The average molecular weight is 288 g/mol. The fraction of sp³-hybridized carbons (Fsp3) is 0.500. The van der Waals surface area contributed by atoms with E-state index in [4.69, 9.17) is 27.5 Å². The topological polar surface area (TPSA) is 55.4 Å². The zero-order valence-corrected chi connectivity index (χ0v) is 13.1. The molecule has 0 aliphatic heterocycles. The first-order valence-electron chi connectivity index (χ1n) is 5.58. The van der Waals surface area contributed by atoms with Crippen LogP contribution in [0.5, 0.6) is 17.2 Å². The van der Waals surface area contributed by atoms with E-state index in [1.807, 2.05) is 0 Å². The van der Waals surface area contributed by atoms with E-state index < -0.39 is 8.80 Å². The molecule has 108 valence electrons. The summed E-state index contributed by atoms with van der Waals surface area (Å²) in [5.41, 5.74) is 0. The highest BCUT2D eigenvalue weighted by atomic mass is 28.4. The monoisotopic (exact) mass is 288 g/mol. The number of rotatable bonds is 7. The number of benzene rings is 1. The van der Waals surface area contributed by atoms with E-state index in [-0.39, 0.29) is 0 Å². The summed E-state index contributed by atoms with van der Waals surface area (Å²) >= 11 is 0. The Morgan fingerprint density at radius 2 is 1.11 bits per heavy atom. The summed E-state index contributed by atoms with van der Waals surface area (Å²) in [7, 11) is 6.35. The van der Waals surface area contributed by atoms with Crippen LogP contribution < -0.4 is 19.4 Å². The van der Waals surface area contributed by atoms with E-state index in [0.717, 1.165) is 5.19 Å².